The molecule has 2 aromatic carbocycles. The molecule has 1 heterocycles. The van der Waals surface area contributed by atoms with Gasteiger partial charge in [0.25, 0.3) is 0 Å². The van der Waals surface area contributed by atoms with E-state index in [2.05, 4.69) is 34.1 Å². The number of carboxylic acid groups (broad SMARTS) is 1. The molecule has 0 unspecified atom stereocenters. The molecular formula is C23H32Cl2N2O5. The van der Waals surface area contributed by atoms with Crippen LogP contribution in [0.2, 0.25) is 0 Å². The molecule has 32 heavy (non-hydrogen) atoms. The number of halogens is 2. The van der Waals surface area contributed by atoms with Crippen LogP contribution in [0.1, 0.15) is 17.5 Å². The van der Waals surface area contributed by atoms with Crippen LogP contribution in [0.3, 0.4) is 0 Å². The zero-order valence-electron chi connectivity index (χ0n) is 18.5. The minimum atomic E-state index is -0.895. The van der Waals surface area contributed by atoms with Gasteiger partial charge >= 0.3 is 5.97 Å². The van der Waals surface area contributed by atoms with Gasteiger partial charge in [0.1, 0.15) is 0 Å². The summed E-state index contributed by atoms with van der Waals surface area (Å²) >= 11 is 0. The minimum Gasteiger partial charge on any atom is -0.493 e. The number of methoxy groups -OCH3 is 2. The van der Waals surface area contributed by atoms with E-state index in [-0.39, 0.29) is 37.8 Å². The summed E-state index contributed by atoms with van der Waals surface area (Å²) in [6.45, 7) is 5.66. The second kappa shape index (κ2) is 14.1. The van der Waals surface area contributed by atoms with Crippen molar-refractivity contribution in [3.05, 3.63) is 53.6 Å². The second-order valence-corrected chi connectivity index (χ2v) is 7.32. The summed E-state index contributed by atoms with van der Waals surface area (Å²) in [4.78, 5) is 15.7. The molecule has 7 nitrogen and oxygen atoms in total. The number of benzene rings is 2. The maximum Gasteiger partial charge on any atom is 0.306 e. The molecule has 3 rings (SSSR count). The van der Waals surface area contributed by atoms with E-state index in [0.29, 0.717) is 23.8 Å². The van der Waals surface area contributed by atoms with Gasteiger partial charge in [0.15, 0.2) is 11.5 Å². The smallest absolute Gasteiger partial charge is 0.306 e. The number of aliphatic carboxylic acids is 1. The summed E-state index contributed by atoms with van der Waals surface area (Å²) < 4.78 is 16.7. The molecule has 1 N–H and O–H groups in total. The number of hydrogen-bond acceptors (Lipinski definition) is 6. The molecule has 1 aliphatic heterocycles. The molecule has 0 aromatic heterocycles. The van der Waals surface area contributed by atoms with Gasteiger partial charge in [0, 0.05) is 44.8 Å². The largest absolute Gasteiger partial charge is 0.493 e. The summed E-state index contributed by atoms with van der Waals surface area (Å²) in [7, 11) is 3.14. The first kappa shape index (κ1) is 27.8. The van der Waals surface area contributed by atoms with E-state index >= 15 is 0 Å². The van der Waals surface area contributed by atoms with Gasteiger partial charge in [-0.3, -0.25) is 14.6 Å². The number of nitrogens with zero attached hydrogens (tertiary/aromatic N) is 2. The molecule has 0 amide bonds. The predicted octanol–water partition coefficient (Wildman–Crippen LogP) is 3.72. The average molecular weight is 487 g/mol. The average Bonchev–Trinajstić information content (AvgIpc) is 2.76. The summed E-state index contributed by atoms with van der Waals surface area (Å²) in [6, 6.07) is 14.4. The molecule has 0 radical (unpaired) electrons. The van der Waals surface area contributed by atoms with Gasteiger partial charge in [-0.25, -0.2) is 0 Å². The van der Waals surface area contributed by atoms with Crippen molar-refractivity contribution in [2.45, 2.75) is 19.5 Å². The highest BCUT2D eigenvalue weighted by Gasteiger charge is 2.22. The van der Waals surface area contributed by atoms with Gasteiger partial charge in [-0.1, -0.05) is 36.4 Å². The van der Waals surface area contributed by atoms with E-state index in [1.807, 2.05) is 18.2 Å². The van der Waals surface area contributed by atoms with E-state index in [4.69, 9.17) is 19.3 Å². The molecule has 1 saturated heterocycles. The first-order valence-corrected chi connectivity index (χ1v) is 10.2. The van der Waals surface area contributed by atoms with Crippen LogP contribution >= 0.6 is 24.8 Å². The highest BCUT2D eigenvalue weighted by molar-refractivity contribution is 5.85. The van der Waals surface area contributed by atoms with Crippen molar-refractivity contribution in [1.82, 2.24) is 9.80 Å². The fourth-order valence-corrected chi connectivity index (χ4v) is 3.65. The van der Waals surface area contributed by atoms with E-state index < -0.39 is 5.97 Å². The number of carbonyl (C=O) groups is 1. The Bertz CT molecular complexity index is 831. The van der Waals surface area contributed by atoms with Crippen molar-refractivity contribution < 1.29 is 24.1 Å². The quantitative estimate of drug-likeness (QED) is 0.548. The first-order valence-electron chi connectivity index (χ1n) is 10.2. The predicted molar refractivity (Wildman–Crippen MR) is 129 cm³/mol. The Balaban J connectivity index is 0.00000256. The van der Waals surface area contributed by atoms with Crippen LogP contribution in [0.4, 0.5) is 0 Å². The van der Waals surface area contributed by atoms with Crippen LogP contribution in [-0.2, 0) is 17.9 Å². The maximum atomic E-state index is 10.9. The zero-order valence-corrected chi connectivity index (χ0v) is 20.1. The standard InChI is InChI=1S/C23H30N2O5.2ClH/c1-28-20-9-8-19(22(23(20)29-2)30-15-10-21(26)27)17-25-13-11-24(12-14-25)16-18-6-4-3-5-7-18;;/h3-9H,10-17H2,1-2H3,(H,26,27);2*1H. The van der Waals surface area contributed by atoms with Crippen LogP contribution < -0.4 is 14.2 Å². The Kier molecular flexibility index (Phi) is 12.2. The molecule has 1 aliphatic rings. The van der Waals surface area contributed by atoms with E-state index in [1.165, 1.54) is 5.56 Å². The lowest BCUT2D eigenvalue weighted by Gasteiger charge is -2.35. The van der Waals surface area contributed by atoms with Gasteiger partial charge in [-0.05, 0) is 11.6 Å². The van der Waals surface area contributed by atoms with Crippen molar-refractivity contribution >= 4 is 30.8 Å². The Morgan fingerprint density at radius 1 is 0.875 bits per heavy atom. The molecule has 0 aliphatic carbocycles. The number of ether oxygens (including phenoxy) is 3. The van der Waals surface area contributed by atoms with Gasteiger partial charge < -0.3 is 19.3 Å². The van der Waals surface area contributed by atoms with Crippen molar-refractivity contribution in [2.75, 3.05) is 47.0 Å². The first-order chi connectivity index (χ1) is 14.6. The molecule has 9 heteroatoms. The topological polar surface area (TPSA) is 71.5 Å². The number of piperazine rings is 1. The Labute approximate surface area is 202 Å². The van der Waals surface area contributed by atoms with E-state index in [0.717, 1.165) is 38.3 Å². The minimum absolute atomic E-state index is 0. The zero-order chi connectivity index (χ0) is 21.3. The monoisotopic (exact) mass is 486 g/mol. The fourth-order valence-electron chi connectivity index (χ4n) is 3.65. The van der Waals surface area contributed by atoms with E-state index in [9.17, 15) is 4.79 Å². The van der Waals surface area contributed by atoms with Crippen LogP contribution in [0.5, 0.6) is 17.2 Å². The molecule has 2 aromatic rings. The second-order valence-electron chi connectivity index (χ2n) is 7.32. The van der Waals surface area contributed by atoms with Crippen molar-refractivity contribution in [1.29, 1.82) is 0 Å². The third kappa shape index (κ3) is 7.74. The van der Waals surface area contributed by atoms with Crippen LogP contribution in [0, 0.1) is 0 Å². The number of hydrogen-bond donors (Lipinski definition) is 1. The molecular weight excluding hydrogens is 455 g/mol. The maximum absolute atomic E-state index is 10.9. The van der Waals surface area contributed by atoms with Crippen molar-refractivity contribution in [3.63, 3.8) is 0 Å². The fraction of sp³-hybridized carbons (Fsp3) is 0.435. The van der Waals surface area contributed by atoms with Gasteiger partial charge in [0.05, 0.1) is 27.2 Å². The number of carboxylic acids is 1. The third-order valence-corrected chi connectivity index (χ3v) is 5.25. The highest BCUT2D eigenvalue weighted by Crippen LogP contribution is 2.40. The summed E-state index contributed by atoms with van der Waals surface area (Å²) in [5.41, 5.74) is 2.30. The Morgan fingerprint density at radius 2 is 1.50 bits per heavy atom. The van der Waals surface area contributed by atoms with Crippen molar-refractivity contribution in [2.24, 2.45) is 0 Å². The lowest BCUT2D eigenvalue weighted by Crippen LogP contribution is -2.45. The summed E-state index contributed by atoms with van der Waals surface area (Å²) in [5, 5.41) is 8.93. The lowest BCUT2D eigenvalue weighted by molar-refractivity contribution is -0.137. The molecule has 0 atom stereocenters. The molecule has 178 valence electrons. The van der Waals surface area contributed by atoms with Gasteiger partial charge in [-0.15, -0.1) is 24.8 Å². The molecule has 0 spiro atoms. The number of rotatable bonds is 10. The molecule has 0 bridgehead atoms. The van der Waals surface area contributed by atoms with Crippen LogP contribution in [0.25, 0.3) is 0 Å². The molecule has 0 saturated carbocycles. The van der Waals surface area contributed by atoms with Crippen molar-refractivity contribution in [3.8, 4) is 17.2 Å². The van der Waals surface area contributed by atoms with Crippen LogP contribution in [-0.4, -0.2) is 67.9 Å². The Hall–Kier alpha value is -2.19. The van der Waals surface area contributed by atoms with Gasteiger partial charge in [-0.2, -0.15) is 0 Å². The van der Waals surface area contributed by atoms with E-state index in [1.54, 1.807) is 14.2 Å². The third-order valence-electron chi connectivity index (χ3n) is 5.25. The summed E-state index contributed by atoms with van der Waals surface area (Å²) in [6.07, 6.45) is -0.0715. The Morgan fingerprint density at radius 3 is 2.06 bits per heavy atom. The summed E-state index contributed by atoms with van der Waals surface area (Å²) in [5.74, 6) is 0.736. The SMILES string of the molecule is COc1ccc(CN2CCN(Cc3ccccc3)CC2)c(OCCC(=O)O)c1OC.Cl.Cl. The van der Waals surface area contributed by atoms with Gasteiger partial charge in [0.2, 0.25) is 5.75 Å². The van der Waals surface area contributed by atoms with Crippen LogP contribution in [0.15, 0.2) is 42.5 Å². The normalized spacial score (nSPS) is 14.1. The highest BCUT2D eigenvalue weighted by atomic mass is 35.5. The molecule has 1 fully saturated rings. The lowest BCUT2D eigenvalue weighted by atomic mass is 10.1.